The van der Waals surface area contributed by atoms with Crippen molar-refractivity contribution in [3.63, 3.8) is 0 Å². The number of rotatable bonds is 2. The minimum atomic E-state index is -1.14. The summed E-state index contributed by atoms with van der Waals surface area (Å²) < 4.78 is 18.0. The van der Waals surface area contributed by atoms with Crippen molar-refractivity contribution >= 4 is 0 Å². The van der Waals surface area contributed by atoms with Crippen molar-refractivity contribution < 1.29 is 24.4 Å². The normalized spacial score (nSPS) is 33.6. The number of hydrogen-bond acceptors (Lipinski definition) is 4. The number of halogens is 1. The highest BCUT2D eigenvalue weighted by Crippen LogP contribution is 2.29. The molecule has 1 saturated heterocycles. The first-order chi connectivity index (χ1) is 8.13. The average Bonchev–Trinajstić information content (AvgIpc) is 2.34. The van der Waals surface area contributed by atoms with Crippen LogP contribution < -0.4 is 0 Å². The lowest BCUT2D eigenvalue weighted by molar-refractivity contribution is -0.158. The lowest BCUT2D eigenvalue weighted by Gasteiger charge is -2.37. The summed E-state index contributed by atoms with van der Waals surface area (Å²) in [6.07, 6.45) is -2.92. The zero-order chi connectivity index (χ0) is 12.4. The lowest BCUT2D eigenvalue weighted by atomic mass is 9.87. The Morgan fingerprint density at radius 3 is 2.41 bits per heavy atom. The van der Waals surface area contributed by atoms with Gasteiger partial charge in [-0.2, -0.15) is 0 Å². The molecule has 1 unspecified atom stereocenters. The summed E-state index contributed by atoms with van der Waals surface area (Å²) in [6, 6.07) is 5.70. The quantitative estimate of drug-likeness (QED) is 0.684. The van der Waals surface area contributed by atoms with Crippen LogP contribution in [0.4, 0.5) is 4.39 Å². The molecule has 17 heavy (non-hydrogen) atoms. The van der Waals surface area contributed by atoms with Crippen LogP contribution in [0.1, 0.15) is 11.5 Å². The summed E-state index contributed by atoms with van der Waals surface area (Å²) in [5.41, 5.74) is 0.703. The number of aliphatic hydroxyl groups excluding tert-OH is 3. The average molecular weight is 242 g/mol. The van der Waals surface area contributed by atoms with Crippen LogP contribution in [0.2, 0.25) is 0 Å². The standard InChI is InChI=1S/C12H15FO4/c13-8-3-1-7(2-4-8)9-6-17-10(5-14)12(16)11(9)15/h1-4,9-12,14-16H,5-6H2/t9?,10-,11-,12+/m1/s1. The predicted molar refractivity (Wildman–Crippen MR) is 58.0 cm³/mol. The summed E-state index contributed by atoms with van der Waals surface area (Å²) in [5.74, 6) is -0.762. The third kappa shape index (κ3) is 2.47. The van der Waals surface area contributed by atoms with Gasteiger partial charge in [-0.1, -0.05) is 12.1 Å². The molecule has 0 saturated carbocycles. The predicted octanol–water partition coefficient (Wildman–Crippen LogP) is 0.0222. The molecule has 1 aromatic carbocycles. The fraction of sp³-hybridized carbons (Fsp3) is 0.500. The van der Waals surface area contributed by atoms with Gasteiger partial charge in [0.25, 0.3) is 0 Å². The van der Waals surface area contributed by atoms with Crippen molar-refractivity contribution in [2.45, 2.75) is 24.2 Å². The van der Waals surface area contributed by atoms with Crippen molar-refractivity contribution in [2.75, 3.05) is 13.2 Å². The van der Waals surface area contributed by atoms with Crippen molar-refractivity contribution in [3.05, 3.63) is 35.6 Å². The van der Waals surface area contributed by atoms with Crippen LogP contribution in [0.25, 0.3) is 0 Å². The van der Waals surface area contributed by atoms with Crippen LogP contribution in [0.5, 0.6) is 0 Å². The van der Waals surface area contributed by atoms with Crippen molar-refractivity contribution in [2.24, 2.45) is 0 Å². The van der Waals surface area contributed by atoms with E-state index in [0.717, 1.165) is 0 Å². The molecule has 4 atom stereocenters. The molecule has 1 aliphatic rings. The summed E-state index contributed by atoms with van der Waals surface area (Å²) in [5, 5.41) is 28.6. The van der Waals surface area contributed by atoms with Crippen molar-refractivity contribution in [1.29, 1.82) is 0 Å². The fourth-order valence-corrected chi connectivity index (χ4v) is 2.05. The molecule has 0 amide bonds. The molecular weight excluding hydrogens is 227 g/mol. The van der Waals surface area contributed by atoms with Crippen LogP contribution in [-0.4, -0.2) is 46.8 Å². The monoisotopic (exact) mass is 242 g/mol. The van der Waals surface area contributed by atoms with Gasteiger partial charge in [0.1, 0.15) is 18.0 Å². The molecular formula is C12H15FO4. The minimum Gasteiger partial charge on any atom is -0.394 e. The van der Waals surface area contributed by atoms with E-state index in [9.17, 15) is 14.6 Å². The largest absolute Gasteiger partial charge is 0.394 e. The van der Waals surface area contributed by atoms with E-state index in [1.54, 1.807) is 12.1 Å². The third-order valence-corrected chi connectivity index (χ3v) is 3.11. The van der Waals surface area contributed by atoms with Gasteiger partial charge in [0.15, 0.2) is 0 Å². The molecule has 1 fully saturated rings. The zero-order valence-corrected chi connectivity index (χ0v) is 9.16. The molecule has 0 aliphatic carbocycles. The van der Waals surface area contributed by atoms with Gasteiger partial charge in [0, 0.05) is 5.92 Å². The Hall–Kier alpha value is -1.01. The van der Waals surface area contributed by atoms with Gasteiger partial charge in [0.05, 0.1) is 19.3 Å². The topological polar surface area (TPSA) is 69.9 Å². The van der Waals surface area contributed by atoms with Crippen LogP contribution in [0, 0.1) is 5.82 Å². The Morgan fingerprint density at radius 1 is 1.18 bits per heavy atom. The molecule has 0 radical (unpaired) electrons. The van der Waals surface area contributed by atoms with Crippen molar-refractivity contribution in [1.82, 2.24) is 0 Å². The van der Waals surface area contributed by atoms with Crippen molar-refractivity contribution in [3.8, 4) is 0 Å². The Bertz CT molecular complexity index is 367. The summed E-state index contributed by atoms with van der Waals surface area (Å²) in [6.45, 7) is -0.149. The van der Waals surface area contributed by atoms with Gasteiger partial charge in [-0.3, -0.25) is 0 Å². The molecule has 2 rings (SSSR count). The van der Waals surface area contributed by atoms with Gasteiger partial charge in [-0.25, -0.2) is 4.39 Å². The molecule has 5 heteroatoms. The Balaban J connectivity index is 2.15. The molecule has 4 nitrogen and oxygen atoms in total. The summed E-state index contributed by atoms with van der Waals surface area (Å²) in [7, 11) is 0. The highest BCUT2D eigenvalue weighted by atomic mass is 19.1. The smallest absolute Gasteiger partial charge is 0.123 e. The third-order valence-electron chi connectivity index (χ3n) is 3.11. The first-order valence-corrected chi connectivity index (χ1v) is 5.47. The van der Waals surface area contributed by atoms with Gasteiger partial charge >= 0.3 is 0 Å². The van der Waals surface area contributed by atoms with Gasteiger partial charge < -0.3 is 20.1 Å². The van der Waals surface area contributed by atoms with E-state index in [1.165, 1.54) is 12.1 Å². The number of hydrogen-bond donors (Lipinski definition) is 3. The molecule has 3 N–H and O–H groups in total. The second-order valence-electron chi connectivity index (χ2n) is 4.19. The highest BCUT2D eigenvalue weighted by Gasteiger charge is 2.38. The first kappa shape index (κ1) is 12.4. The van der Waals surface area contributed by atoms with E-state index in [2.05, 4.69) is 0 Å². The van der Waals surface area contributed by atoms with Crippen LogP contribution in [0.15, 0.2) is 24.3 Å². The van der Waals surface area contributed by atoms with E-state index in [-0.39, 0.29) is 19.0 Å². The van der Waals surface area contributed by atoms with E-state index in [4.69, 9.17) is 9.84 Å². The van der Waals surface area contributed by atoms with E-state index in [0.29, 0.717) is 5.56 Å². The molecule has 94 valence electrons. The van der Waals surface area contributed by atoms with Crippen LogP contribution in [0.3, 0.4) is 0 Å². The van der Waals surface area contributed by atoms with Gasteiger partial charge in [-0.15, -0.1) is 0 Å². The van der Waals surface area contributed by atoms with Gasteiger partial charge in [-0.05, 0) is 17.7 Å². The van der Waals surface area contributed by atoms with Crippen LogP contribution >= 0.6 is 0 Å². The SMILES string of the molecule is OC[C@H]1OCC(c2ccc(F)cc2)[C@@H](O)[C@H]1O. The molecule has 1 heterocycles. The Morgan fingerprint density at radius 2 is 1.82 bits per heavy atom. The fourth-order valence-electron chi connectivity index (χ4n) is 2.05. The number of aliphatic hydroxyl groups is 3. The Labute approximate surface area is 98.3 Å². The van der Waals surface area contributed by atoms with Crippen LogP contribution in [-0.2, 0) is 4.74 Å². The summed E-state index contributed by atoms with van der Waals surface area (Å²) in [4.78, 5) is 0. The van der Waals surface area contributed by atoms with Gasteiger partial charge in [0.2, 0.25) is 0 Å². The number of benzene rings is 1. The maximum atomic E-state index is 12.8. The lowest BCUT2D eigenvalue weighted by Crippen LogP contribution is -2.50. The first-order valence-electron chi connectivity index (χ1n) is 5.47. The Kier molecular flexibility index (Phi) is 3.73. The van der Waals surface area contributed by atoms with E-state index in [1.807, 2.05) is 0 Å². The summed E-state index contributed by atoms with van der Waals surface area (Å²) >= 11 is 0. The van der Waals surface area contributed by atoms with E-state index >= 15 is 0 Å². The molecule has 1 aromatic rings. The maximum absolute atomic E-state index is 12.8. The zero-order valence-electron chi connectivity index (χ0n) is 9.16. The second-order valence-corrected chi connectivity index (χ2v) is 4.19. The highest BCUT2D eigenvalue weighted by molar-refractivity contribution is 5.23. The molecule has 0 bridgehead atoms. The minimum absolute atomic E-state index is 0.190. The molecule has 0 aromatic heterocycles. The van der Waals surface area contributed by atoms with E-state index < -0.39 is 24.2 Å². The molecule has 0 spiro atoms. The second kappa shape index (κ2) is 5.10. The molecule has 1 aliphatic heterocycles. The number of ether oxygens (including phenoxy) is 1. The maximum Gasteiger partial charge on any atom is 0.123 e.